The first kappa shape index (κ1) is 29.3. The lowest BCUT2D eigenvalue weighted by Crippen LogP contribution is -2.05. The molecule has 0 amide bonds. The molecule has 212 valence electrons. The highest BCUT2D eigenvalue weighted by molar-refractivity contribution is 7.94. The molecule has 0 fully saturated rings. The van der Waals surface area contributed by atoms with Gasteiger partial charge in [0.25, 0.3) is 0 Å². The van der Waals surface area contributed by atoms with E-state index in [4.69, 9.17) is 16.9 Å². The second-order valence-corrected chi connectivity index (χ2v) is 9.28. The van der Waals surface area contributed by atoms with Crippen molar-refractivity contribution in [2.24, 2.45) is 0 Å². The van der Waals surface area contributed by atoms with Gasteiger partial charge in [-0.1, -0.05) is 5.04 Å². The summed E-state index contributed by atoms with van der Waals surface area (Å²) in [5.41, 5.74) is 0.671. The van der Waals surface area contributed by atoms with Crippen LogP contribution in [-0.2, 0) is 9.37 Å². The van der Waals surface area contributed by atoms with Crippen molar-refractivity contribution >= 4 is 69.7 Å². The number of rotatable bonds is 11. The number of aryl methyl sites for hydroxylation is 2. The molecule has 0 radical (unpaired) electrons. The fourth-order valence-electron chi connectivity index (χ4n) is 3.63. The van der Waals surface area contributed by atoms with Crippen LogP contribution in [0.1, 0.15) is 11.1 Å². The van der Waals surface area contributed by atoms with Gasteiger partial charge in [0, 0.05) is 28.0 Å². The van der Waals surface area contributed by atoms with Crippen LogP contribution in [0.5, 0.6) is 0 Å². The zero-order chi connectivity index (χ0) is 29.7. The van der Waals surface area contributed by atoms with Crippen LogP contribution in [-0.4, -0.2) is 30.1 Å². The van der Waals surface area contributed by atoms with Crippen LogP contribution in [0.2, 0.25) is 5.28 Å². The standard InChI is InChI=1S/C23H18ClFN8O7S/c1-11-7-14(26-17-9-13(25)10-18(32(34)35)20(17)33(36)37)3-5-16(11)28-23-30-21(24)29-22(31-23)27-15-4-6-19(12(2)8-15)41-40-39-38/h3-10,26,38H,1-2H3,(H2,27,28,29,30,31). The molecule has 0 unspecified atom stereocenters. The second-order valence-electron chi connectivity index (χ2n) is 8.20. The number of hydrogen-bond acceptors (Lipinski definition) is 14. The van der Waals surface area contributed by atoms with Gasteiger partial charge >= 0.3 is 11.4 Å². The molecule has 0 saturated heterocycles. The Morgan fingerprint density at radius 2 is 1.54 bits per heavy atom. The Morgan fingerprint density at radius 1 is 0.878 bits per heavy atom. The molecular weight excluding hydrogens is 587 g/mol. The number of nitro groups is 2. The van der Waals surface area contributed by atoms with Gasteiger partial charge in [-0.25, -0.2) is 9.65 Å². The number of hydrogen-bond donors (Lipinski definition) is 4. The largest absolute Gasteiger partial charge is 0.369 e. The maximum Gasteiger partial charge on any atom is 0.369 e. The summed E-state index contributed by atoms with van der Waals surface area (Å²) in [5.74, 6) is -0.769. The van der Waals surface area contributed by atoms with Crippen molar-refractivity contribution in [3.8, 4) is 0 Å². The molecule has 4 aromatic rings. The van der Waals surface area contributed by atoms with Gasteiger partial charge in [0.1, 0.15) is 11.5 Å². The maximum atomic E-state index is 14.0. The van der Waals surface area contributed by atoms with E-state index in [-0.39, 0.29) is 22.9 Å². The molecule has 0 aliphatic carbocycles. The van der Waals surface area contributed by atoms with E-state index in [0.717, 1.165) is 23.7 Å². The fraction of sp³-hybridized carbons (Fsp3) is 0.0870. The summed E-state index contributed by atoms with van der Waals surface area (Å²) in [6.45, 7) is 3.53. The minimum atomic E-state index is -1.02. The summed E-state index contributed by atoms with van der Waals surface area (Å²) in [7, 11) is 0. The molecule has 0 atom stereocenters. The van der Waals surface area contributed by atoms with Crippen LogP contribution in [0.25, 0.3) is 0 Å². The Kier molecular flexibility index (Phi) is 9.05. The van der Waals surface area contributed by atoms with Gasteiger partial charge in [-0.2, -0.15) is 15.0 Å². The lowest BCUT2D eigenvalue weighted by Gasteiger charge is -2.13. The molecule has 1 aromatic heterocycles. The van der Waals surface area contributed by atoms with Crippen LogP contribution >= 0.6 is 23.6 Å². The average molecular weight is 605 g/mol. The summed E-state index contributed by atoms with van der Waals surface area (Å²) in [4.78, 5) is 33.9. The van der Waals surface area contributed by atoms with Gasteiger partial charge in [-0.15, -0.1) is 4.33 Å². The summed E-state index contributed by atoms with van der Waals surface area (Å²) in [6.07, 6.45) is 0. The smallest absolute Gasteiger partial charge is 0.350 e. The quantitative estimate of drug-likeness (QED) is 0.0605. The van der Waals surface area contributed by atoms with Gasteiger partial charge in [0.15, 0.2) is 0 Å². The molecule has 0 aliphatic rings. The topological polar surface area (TPSA) is 200 Å². The zero-order valence-electron chi connectivity index (χ0n) is 20.9. The van der Waals surface area contributed by atoms with E-state index in [1.54, 1.807) is 37.3 Å². The van der Waals surface area contributed by atoms with E-state index in [9.17, 15) is 24.6 Å². The Morgan fingerprint density at radius 3 is 2.17 bits per heavy atom. The average Bonchev–Trinajstić information content (AvgIpc) is 2.89. The number of nitro benzene ring substituents is 2. The highest BCUT2D eigenvalue weighted by atomic mass is 35.5. The van der Waals surface area contributed by atoms with Gasteiger partial charge in [-0.05, 0) is 73.0 Å². The SMILES string of the molecule is Cc1cc(Nc2cc(F)cc([N+](=O)[O-])c2[N+](=O)[O-])ccc1Nc1nc(Cl)nc(Nc2ccc(SOOO)c(C)c2)n1. The van der Waals surface area contributed by atoms with Crippen LogP contribution in [0.3, 0.4) is 0 Å². The number of nitrogens with one attached hydrogen (secondary N) is 3. The molecular formula is C23H18ClFN8O7S. The van der Waals surface area contributed by atoms with E-state index >= 15 is 0 Å². The normalized spacial score (nSPS) is 10.8. The Bertz CT molecular complexity index is 1650. The first-order valence-electron chi connectivity index (χ1n) is 11.2. The van der Waals surface area contributed by atoms with Crippen molar-refractivity contribution in [3.05, 3.63) is 91.0 Å². The van der Waals surface area contributed by atoms with Gasteiger partial charge in [0.2, 0.25) is 17.2 Å². The highest BCUT2D eigenvalue weighted by Gasteiger charge is 2.30. The Balaban J connectivity index is 1.53. The second kappa shape index (κ2) is 12.7. The van der Waals surface area contributed by atoms with E-state index in [1.807, 2.05) is 6.92 Å². The van der Waals surface area contributed by atoms with Crippen molar-refractivity contribution in [1.29, 1.82) is 0 Å². The summed E-state index contributed by atoms with van der Waals surface area (Å²) >= 11 is 6.92. The Labute approximate surface area is 239 Å². The zero-order valence-corrected chi connectivity index (χ0v) is 22.5. The molecule has 18 heteroatoms. The monoisotopic (exact) mass is 604 g/mol. The summed E-state index contributed by atoms with van der Waals surface area (Å²) in [6, 6.07) is 11.2. The van der Waals surface area contributed by atoms with Crippen molar-refractivity contribution in [1.82, 2.24) is 15.0 Å². The predicted octanol–water partition coefficient (Wildman–Crippen LogP) is 6.76. The molecule has 0 spiro atoms. The number of anilines is 6. The number of halogens is 2. The number of benzene rings is 3. The minimum absolute atomic E-state index is 0.0988. The van der Waals surface area contributed by atoms with Gasteiger partial charge in [-0.3, -0.25) is 20.2 Å². The van der Waals surface area contributed by atoms with E-state index < -0.39 is 27.0 Å². The van der Waals surface area contributed by atoms with Crippen LogP contribution < -0.4 is 16.0 Å². The molecule has 0 saturated carbocycles. The molecule has 1 heterocycles. The molecule has 0 bridgehead atoms. The predicted molar refractivity (Wildman–Crippen MR) is 147 cm³/mol. The first-order valence-corrected chi connectivity index (χ1v) is 12.4. The van der Waals surface area contributed by atoms with Crippen molar-refractivity contribution in [2.75, 3.05) is 16.0 Å². The van der Waals surface area contributed by atoms with E-state index in [1.165, 1.54) is 6.07 Å². The van der Waals surface area contributed by atoms with Crippen molar-refractivity contribution in [2.45, 2.75) is 18.7 Å². The maximum absolute atomic E-state index is 14.0. The van der Waals surface area contributed by atoms with E-state index in [2.05, 4.69) is 40.3 Å². The van der Waals surface area contributed by atoms with E-state index in [0.29, 0.717) is 33.6 Å². The Hall–Kier alpha value is -4.68. The lowest BCUT2D eigenvalue weighted by atomic mass is 10.1. The number of nitrogens with zero attached hydrogens (tertiary/aromatic N) is 5. The summed E-state index contributed by atoms with van der Waals surface area (Å²) in [5, 5.41) is 43.2. The molecule has 3 aromatic carbocycles. The van der Waals surface area contributed by atoms with Gasteiger partial charge in [0.05, 0.1) is 28.0 Å². The third-order valence-corrected chi connectivity index (χ3v) is 6.31. The molecule has 15 nitrogen and oxygen atoms in total. The van der Waals surface area contributed by atoms with Crippen molar-refractivity contribution in [3.63, 3.8) is 0 Å². The highest BCUT2D eigenvalue weighted by Crippen LogP contribution is 2.38. The first-order chi connectivity index (χ1) is 19.5. The van der Waals surface area contributed by atoms with Crippen molar-refractivity contribution < 1.29 is 28.9 Å². The van der Waals surface area contributed by atoms with Crippen LogP contribution in [0.4, 0.5) is 50.4 Å². The molecule has 4 rings (SSSR count). The molecule has 0 aliphatic heterocycles. The minimum Gasteiger partial charge on any atom is -0.350 e. The van der Waals surface area contributed by atoms with Crippen LogP contribution in [0.15, 0.2) is 53.4 Å². The molecule has 4 N–H and O–H groups in total. The third kappa shape index (κ3) is 7.29. The lowest BCUT2D eigenvalue weighted by molar-refractivity contribution is -0.432. The van der Waals surface area contributed by atoms with Gasteiger partial charge < -0.3 is 16.0 Å². The fourth-order valence-corrected chi connectivity index (χ4v) is 4.21. The third-order valence-electron chi connectivity index (χ3n) is 5.38. The molecule has 41 heavy (non-hydrogen) atoms. The summed E-state index contributed by atoms with van der Waals surface area (Å²) < 4.78 is 18.4. The number of aromatic nitrogens is 3. The van der Waals surface area contributed by atoms with Crippen LogP contribution in [0, 0.1) is 39.9 Å².